The monoisotopic (exact) mass is 1740 g/mol. The molecule has 12 aromatic rings. The number of alkyl carbamates (subject to hydrolysis) is 1. The summed E-state index contributed by atoms with van der Waals surface area (Å²) >= 11 is 11.4. The molecule has 6 aromatic carbocycles. The molecular weight excluding hydrogens is 1620 g/mol. The number of likely N-dealkylation sites (N-methyl/N-ethyl adjacent to an activating group) is 1. The molecule has 1 N–H and O–H groups in total. The molecule has 22 nitrogen and oxygen atoms in total. The summed E-state index contributed by atoms with van der Waals surface area (Å²) in [5, 5.41) is 7.99. The lowest BCUT2D eigenvalue weighted by Gasteiger charge is -2.32. The van der Waals surface area contributed by atoms with Crippen molar-refractivity contribution in [1.29, 1.82) is 0 Å². The fraction of sp³-hybridized carbons (Fsp3) is 0.517. The van der Waals surface area contributed by atoms with Crippen LogP contribution in [0.4, 0.5) is 4.79 Å². The van der Waals surface area contributed by atoms with Crippen LogP contribution in [0.5, 0.6) is 0 Å². The van der Waals surface area contributed by atoms with E-state index in [-0.39, 0.29) is 75.2 Å². The first kappa shape index (κ1) is 94.6. The van der Waals surface area contributed by atoms with Gasteiger partial charge in [-0.05, 0) is 177 Å². The van der Waals surface area contributed by atoms with E-state index in [1.807, 2.05) is 202 Å². The van der Waals surface area contributed by atoms with Gasteiger partial charge in [0.25, 0.3) is 33.4 Å². The zero-order valence-electron chi connectivity index (χ0n) is 66.7. The maximum atomic E-state index is 12.4. The molecule has 6 saturated heterocycles. The number of nitrogens with zero attached hydrogens (tertiary/aromatic N) is 13. The largest absolute Gasteiger partial charge is 0.444 e. The first-order valence-corrected chi connectivity index (χ1v) is 46.2. The van der Waals surface area contributed by atoms with Gasteiger partial charge in [-0.2, -0.15) is 11.8 Å². The number of hydrogen-bond donors (Lipinski definition) is 1. The van der Waals surface area contributed by atoms with Gasteiger partial charge in [0.15, 0.2) is 0 Å². The number of thioether (sulfide) groups is 1. The van der Waals surface area contributed by atoms with Gasteiger partial charge in [0, 0.05) is 96.1 Å². The molecule has 118 heavy (non-hydrogen) atoms. The molecule has 0 bridgehead atoms. The van der Waals surface area contributed by atoms with Crippen LogP contribution in [0, 0.1) is 11.8 Å². The Kier molecular flexibility index (Phi) is 36.6. The van der Waals surface area contributed by atoms with Crippen molar-refractivity contribution in [2.45, 2.75) is 180 Å². The van der Waals surface area contributed by atoms with Crippen LogP contribution in [-0.2, 0) is 44.7 Å². The molecule has 6 fully saturated rings. The number of aromatic nitrogens is 6. The van der Waals surface area contributed by atoms with E-state index in [0.29, 0.717) is 6.67 Å². The smallest absolute Gasteiger partial charge is 0.407 e. The normalized spacial score (nSPS) is 17.2. The van der Waals surface area contributed by atoms with Gasteiger partial charge < -0.3 is 15.0 Å². The second-order valence-corrected chi connectivity index (χ2v) is 39.2. The Labute approximate surface area is 724 Å². The minimum atomic E-state index is -0.479. The molecule has 18 rings (SSSR count). The first-order chi connectivity index (χ1) is 55.3. The van der Waals surface area contributed by atoms with E-state index >= 15 is 0 Å². The molecule has 6 aromatic heterocycles. The highest BCUT2D eigenvalue weighted by molar-refractivity contribution is 7.99. The molecule has 29 heteroatoms. The summed E-state index contributed by atoms with van der Waals surface area (Å²) in [6, 6.07) is 47.1. The van der Waals surface area contributed by atoms with Crippen molar-refractivity contribution in [3.8, 4) is 0 Å². The van der Waals surface area contributed by atoms with E-state index in [4.69, 9.17) is 4.74 Å². The summed E-state index contributed by atoms with van der Waals surface area (Å²) in [4.78, 5) is 102. The third-order valence-corrected chi connectivity index (χ3v) is 29.2. The zero-order valence-corrected chi connectivity index (χ0v) is 72.4. The van der Waals surface area contributed by atoms with Gasteiger partial charge >= 0.3 is 6.09 Å². The van der Waals surface area contributed by atoms with Crippen LogP contribution in [0.2, 0.25) is 0 Å². The Hall–Kier alpha value is -7.20. The topological polar surface area (TPSA) is 193 Å². The Bertz CT molecular complexity index is 5250. The van der Waals surface area contributed by atoms with Crippen molar-refractivity contribution in [2.24, 2.45) is 11.8 Å². The number of hydrogen-bond acceptors (Lipinski definition) is 22. The molecule has 0 radical (unpaired) electrons. The predicted octanol–water partition coefficient (Wildman–Crippen LogP) is 17.3. The van der Waals surface area contributed by atoms with Crippen molar-refractivity contribution in [1.82, 2.24) is 63.4 Å². The van der Waals surface area contributed by atoms with Crippen molar-refractivity contribution in [2.75, 3.05) is 110 Å². The zero-order chi connectivity index (χ0) is 79.7. The summed E-state index contributed by atoms with van der Waals surface area (Å²) < 4.78 is 23.0. The third kappa shape index (κ3) is 25.7. The minimum Gasteiger partial charge on any atom is -0.444 e. The molecule has 0 atom stereocenters. The van der Waals surface area contributed by atoms with Crippen LogP contribution >= 0.6 is 81.0 Å². The fourth-order valence-corrected chi connectivity index (χ4v) is 22.2. The molecule has 0 spiro atoms. The minimum absolute atomic E-state index is 0. The van der Waals surface area contributed by atoms with Crippen LogP contribution in [-0.4, -0.2) is 186 Å². The molecule has 0 aliphatic carbocycles. The van der Waals surface area contributed by atoms with Gasteiger partial charge in [-0.1, -0.05) is 198 Å². The van der Waals surface area contributed by atoms with Crippen LogP contribution in [0.15, 0.2) is 174 Å². The van der Waals surface area contributed by atoms with E-state index in [2.05, 4.69) is 60.5 Å². The second kappa shape index (κ2) is 45.6. The number of likely N-dealkylation sites (tertiary alicyclic amines) is 4. The maximum absolute atomic E-state index is 12.4. The van der Waals surface area contributed by atoms with Gasteiger partial charge in [0.1, 0.15) is 5.60 Å². The van der Waals surface area contributed by atoms with E-state index in [9.17, 15) is 33.6 Å². The van der Waals surface area contributed by atoms with E-state index in [1.54, 1.807) is 57.7 Å². The van der Waals surface area contributed by atoms with Gasteiger partial charge in [0.05, 0.1) is 101 Å². The number of piperazine rings is 1. The summed E-state index contributed by atoms with van der Waals surface area (Å²) in [7, 11) is 2.14. The summed E-state index contributed by atoms with van der Waals surface area (Å²) in [6.07, 6.45) is 11.6. The Morgan fingerprint density at radius 2 is 0.627 bits per heavy atom. The van der Waals surface area contributed by atoms with E-state index < -0.39 is 5.60 Å². The Morgan fingerprint density at radius 3 is 0.915 bits per heavy atom. The molecule has 0 saturated carbocycles. The Balaban J connectivity index is 0.000000161. The summed E-state index contributed by atoms with van der Waals surface area (Å²) in [5.41, 5.74) is 0.393. The number of fused-ring (bicyclic) bond motifs is 6. The van der Waals surface area contributed by atoms with Crippen LogP contribution < -0.4 is 38.7 Å². The highest BCUT2D eigenvalue weighted by atomic mass is 32.2. The average Bonchev–Trinajstić information content (AvgIpc) is 1.70. The number of benzene rings is 6. The number of carbonyl (C=O) groups is 1. The molecule has 642 valence electrons. The van der Waals surface area contributed by atoms with Gasteiger partial charge in [-0.3, -0.25) is 58.2 Å². The maximum Gasteiger partial charge on any atom is 0.407 e. The quantitative estimate of drug-likeness (QED) is 0.108. The summed E-state index contributed by atoms with van der Waals surface area (Å²) in [5.74, 6) is 4.08. The van der Waals surface area contributed by atoms with Crippen LogP contribution in [0.3, 0.4) is 0 Å². The lowest BCUT2D eigenvalue weighted by molar-refractivity contribution is 0.0472. The third-order valence-electron chi connectivity index (χ3n) is 21.9. The number of nitrogens with one attached hydrogen (secondary N) is 1. The average molecular weight is 1740 g/mol. The van der Waals surface area contributed by atoms with Crippen molar-refractivity contribution in [3.05, 3.63) is 208 Å². The van der Waals surface area contributed by atoms with Gasteiger partial charge in [-0.15, -0.1) is 0 Å². The standard InChI is InChI=1S/C18H25N3O3S.C15H20N2OS.C14H18N2OS.C13H17N3OS.C13H16N2OS.C12H14N2OS2.4CH4/c1-18(2,3)24-17(23)19-13-8-10-20(11-9-13)12-21-16(22)14-6-4-5-7-15(14)25-21;1-2-12-7-9-16(10-8-12)11-17-15(18)13-5-3-4-6-14(13)19-17;1-11-6-8-15(9-7-11)10-16-14(17)12-4-2-3-5-13(12)18-16;1-14-6-8-15(9-7-14)10-16-13(17)11-4-2-3-5-12(11)18-16;16-13-11-6-2-3-7-12(11)17-15(13)10-14-8-4-1-5-9-14;15-12-10-3-1-2-4-11(10)17-14(12)9-13-5-7-16-8-6-13;;;;/h4-7,13H,8-12H2,1-3H3,(H,19,23);3-6,12H,2,7-11H2,1H3;2-5,11H,6-10H2,1H3;2-5H,6-10H2,1H3;2-3,6-7H,1,4-5,8-10H2;1-4H,5-9H2;4*1H4. The Morgan fingerprint density at radius 1 is 0.364 bits per heavy atom. The van der Waals surface area contributed by atoms with Crippen LogP contribution in [0.1, 0.15) is 129 Å². The van der Waals surface area contributed by atoms with Gasteiger partial charge in [-0.25, -0.2) is 28.5 Å². The van der Waals surface area contributed by atoms with E-state index in [0.717, 1.165) is 210 Å². The molecule has 6 aliphatic heterocycles. The molecular formula is C89H126N14O8S7. The van der Waals surface area contributed by atoms with Crippen molar-refractivity contribution >= 4 is 148 Å². The molecule has 0 unspecified atom stereocenters. The van der Waals surface area contributed by atoms with E-state index in [1.165, 1.54) is 74.4 Å². The number of carbonyl (C=O) groups excluding carboxylic acids is 1. The lowest BCUT2D eigenvalue weighted by atomic mass is 9.95. The summed E-state index contributed by atoms with van der Waals surface area (Å²) in [6.45, 7) is 29.4. The number of amides is 1. The first-order valence-electron chi connectivity index (χ1n) is 40.4. The number of ether oxygens (including phenoxy) is 1. The molecule has 12 heterocycles. The van der Waals surface area contributed by atoms with Crippen molar-refractivity contribution < 1.29 is 9.53 Å². The predicted molar refractivity (Wildman–Crippen MR) is 505 cm³/mol. The lowest BCUT2D eigenvalue weighted by Crippen LogP contribution is -2.46. The highest BCUT2D eigenvalue weighted by Crippen LogP contribution is 2.27. The SMILES string of the molecule is C.C.C.C.CC(C)(C)OC(=O)NC1CCN(Cn2sc3ccccc3c2=O)CC1.CC1CCN(Cn2sc3ccccc3c2=O)CC1.CCC1CCN(Cn2sc3ccccc3c2=O)CC1.CN1CCN(Cn2sc3ccccc3c2=O)CC1.O=c1c2ccccc2sn1CN1CCCCC1.O=c1c2ccccc2sn1CN1CCSCC1. The molecule has 1 amide bonds. The van der Waals surface area contributed by atoms with Gasteiger partial charge in [0.2, 0.25) is 0 Å². The fourth-order valence-electron chi connectivity index (χ4n) is 15.0. The number of piperidine rings is 4. The van der Waals surface area contributed by atoms with Crippen molar-refractivity contribution in [3.63, 3.8) is 0 Å². The molecule has 6 aliphatic rings. The highest BCUT2D eigenvalue weighted by Gasteiger charge is 2.27. The van der Waals surface area contributed by atoms with Crippen LogP contribution in [0.25, 0.3) is 60.5 Å². The number of rotatable bonds is 14. The second-order valence-electron chi connectivity index (χ2n) is 31.6.